The van der Waals surface area contributed by atoms with Crippen LogP contribution in [0.2, 0.25) is 5.02 Å². The highest BCUT2D eigenvalue weighted by Crippen LogP contribution is 2.36. The van der Waals surface area contributed by atoms with E-state index in [1.165, 1.54) is 7.11 Å². The highest BCUT2D eigenvalue weighted by atomic mass is 35.5. The molecule has 1 aromatic rings. The van der Waals surface area contributed by atoms with Crippen LogP contribution in [0.4, 0.5) is 0 Å². The molecule has 0 aromatic heterocycles. The number of aliphatic hydroxyl groups is 1. The van der Waals surface area contributed by atoms with E-state index < -0.39 is 5.54 Å². The minimum atomic E-state index is -0.403. The predicted molar refractivity (Wildman–Crippen MR) is 99.4 cm³/mol. The molecule has 0 radical (unpaired) electrons. The van der Waals surface area contributed by atoms with Gasteiger partial charge in [-0.1, -0.05) is 11.6 Å². The van der Waals surface area contributed by atoms with E-state index >= 15 is 0 Å². The number of hydrogen-bond acceptors (Lipinski definition) is 5. The van der Waals surface area contributed by atoms with Crippen molar-refractivity contribution in [1.29, 1.82) is 0 Å². The Morgan fingerprint density at radius 2 is 1.88 bits per heavy atom. The lowest BCUT2D eigenvalue weighted by atomic mass is 10.1. The minimum Gasteiger partial charge on any atom is -0.493 e. The standard InChI is InChI=1S/C18H29ClN2O4/c1-17(2,3)21-15(23)10-25-16-13(19)7-12(8-14(16)24-6)9-20-18(4,5)11-22/h7-8,20,22H,9-11H2,1-6H3,(H,21,23). The summed E-state index contributed by atoms with van der Waals surface area (Å²) in [6.07, 6.45) is 0. The summed E-state index contributed by atoms with van der Waals surface area (Å²) in [5, 5.41) is 15.7. The second kappa shape index (κ2) is 8.74. The zero-order valence-corrected chi connectivity index (χ0v) is 16.6. The molecule has 0 unspecified atom stereocenters. The quantitative estimate of drug-likeness (QED) is 0.653. The van der Waals surface area contributed by atoms with Crippen molar-refractivity contribution in [3.05, 3.63) is 22.7 Å². The molecule has 0 spiro atoms. The number of rotatable bonds is 8. The van der Waals surface area contributed by atoms with Gasteiger partial charge in [-0.05, 0) is 52.3 Å². The number of carbonyl (C=O) groups excluding carboxylic acids is 1. The van der Waals surface area contributed by atoms with Crippen LogP contribution in [0.3, 0.4) is 0 Å². The zero-order chi connectivity index (χ0) is 19.3. The van der Waals surface area contributed by atoms with Crippen molar-refractivity contribution in [2.45, 2.75) is 52.2 Å². The summed E-state index contributed by atoms with van der Waals surface area (Å²) < 4.78 is 10.9. The first-order valence-corrected chi connectivity index (χ1v) is 8.51. The molecule has 142 valence electrons. The van der Waals surface area contributed by atoms with E-state index in [0.29, 0.717) is 23.1 Å². The van der Waals surface area contributed by atoms with Gasteiger partial charge in [-0.3, -0.25) is 4.79 Å². The number of hydrogen-bond donors (Lipinski definition) is 3. The summed E-state index contributed by atoms with van der Waals surface area (Å²) >= 11 is 6.30. The third kappa shape index (κ3) is 7.50. The Labute approximate surface area is 154 Å². The summed E-state index contributed by atoms with van der Waals surface area (Å²) in [7, 11) is 1.52. The van der Waals surface area contributed by atoms with Crippen LogP contribution in [0.1, 0.15) is 40.2 Å². The number of ether oxygens (including phenoxy) is 2. The van der Waals surface area contributed by atoms with Gasteiger partial charge in [0, 0.05) is 17.6 Å². The molecule has 0 atom stereocenters. The number of aliphatic hydroxyl groups excluding tert-OH is 1. The Morgan fingerprint density at radius 3 is 2.40 bits per heavy atom. The van der Waals surface area contributed by atoms with E-state index in [-0.39, 0.29) is 24.7 Å². The molecular weight excluding hydrogens is 344 g/mol. The predicted octanol–water partition coefficient (Wildman–Crippen LogP) is 2.50. The first kappa shape index (κ1) is 21.5. The first-order chi connectivity index (χ1) is 11.5. The molecule has 3 N–H and O–H groups in total. The monoisotopic (exact) mass is 372 g/mol. The normalized spacial score (nSPS) is 12.0. The Balaban J connectivity index is 2.83. The van der Waals surface area contributed by atoms with E-state index in [0.717, 1.165) is 5.56 Å². The van der Waals surface area contributed by atoms with Crippen LogP contribution < -0.4 is 20.1 Å². The Bertz CT molecular complexity index is 597. The second-order valence-electron chi connectivity index (χ2n) is 7.59. The van der Waals surface area contributed by atoms with E-state index in [2.05, 4.69) is 10.6 Å². The molecule has 0 aliphatic heterocycles. The van der Waals surface area contributed by atoms with Gasteiger partial charge in [0.25, 0.3) is 5.91 Å². The van der Waals surface area contributed by atoms with Crippen LogP contribution >= 0.6 is 11.6 Å². The molecule has 0 aliphatic carbocycles. The van der Waals surface area contributed by atoms with Crippen molar-refractivity contribution in [3.8, 4) is 11.5 Å². The topological polar surface area (TPSA) is 79.8 Å². The molecule has 1 rings (SSSR count). The molecule has 6 nitrogen and oxygen atoms in total. The highest BCUT2D eigenvalue weighted by Gasteiger charge is 2.19. The van der Waals surface area contributed by atoms with Crippen molar-refractivity contribution in [2.24, 2.45) is 0 Å². The van der Waals surface area contributed by atoms with E-state index in [1.807, 2.05) is 34.6 Å². The van der Waals surface area contributed by atoms with Gasteiger partial charge in [0.1, 0.15) is 0 Å². The third-order valence-corrected chi connectivity index (χ3v) is 3.60. The van der Waals surface area contributed by atoms with Crippen molar-refractivity contribution >= 4 is 17.5 Å². The fourth-order valence-corrected chi connectivity index (χ4v) is 2.29. The van der Waals surface area contributed by atoms with E-state index in [9.17, 15) is 9.90 Å². The lowest BCUT2D eigenvalue weighted by molar-refractivity contribution is -0.124. The van der Waals surface area contributed by atoms with Gasteiger partial charge in [-0.15, -0.1) is 0 Å². The molecule has 0 saturated heterocycles. The Hall–Kier alpha value is -1.50. The maximum Gasteiger partial charge on any atom is 0.258 e. The average Bonchev–Trinajstić information content (AvgIpc) is 2.49. The summed E-state index contributed by atoms with van der Waals surface area (Å²) in [5.41, 5.74) is 0.151. The van der Waals surface area contributed by atoms with Crippen LogP contribution in [0.15, 0.2) is 12.1 Å². The molecular formula is C18H29ClN2O4. The number of methoxy groups -OCH3 is 1. The molecule has 0 fully saturated rings. The van der Waals surface area contributed by atoms with Crippen molar-refractivity contribution in [1.82, 2.24) is 10.6 Å². The van der Waals surface area contributed by atoms with Crippen LogP contribution in [0, 0.1) is 0 Å². The molecule has 1 aromatic carbocycles. The SMILES string of the molecule is COc1cc(CNC(C)(C)CO)cc(Cl)c1OCC(=O)NC(C)(C)C. The number of halogens is 1. The molecule has 1 amide bonds. The molecule has 7 heteroatoms. The van der Waals surface area contributed by atoms with Gasteiger partial charge >= 0.3 is 0 Å². The zero-order valence-electron chi connectivity index (χ0n) is 15.8. The number of benzene rings is 1. The number of nitrogens with one attached hydrogen (secondary N) is 2. The Kier molecular flexibility index (Phi) is 7.53. The fourth-order valence-electron chi connectivity index (χ4n) is 2.00. The maximum atomic E-state index is 11.9. The van der Waals surface area contributed by atoms with Crippen molar-refractivity contribution in [3.63, 3.8) is 0 Å². The second-order valence-corrected chi connectivity index (χ2v) is 8.00. The van der Waals surface area contributed by atoms with Gasteiger partial charge < -0.3 is 25.2 Å². The first-order valence-electron chi connectivity index (χ1n) is 8.13. The van der Waals surface area contributed by atoms with Gasteiger partial charge in [-0.2, -0.15) is 0 Å². The summed E-state index contributed by atoms with van der Waals surface area (Å²) in [6.45, 7) is 9.86. The van der Waals surface area contributed by atoms with E-state index in [4.69, 9.17) is 21.1 Å². The van der Waals surface area contributed by atoms with Crippen molar-refractivity contribution in [2.75, 3.05) is 20.3 Å². The highest BCUT2D eigenvalue weighted by molar-refractivity contribution is 6.32. The molecule has 0 aliphatic rings. The molecule has 0 saturated carbocycles. The minimum absolute atomic E-state index is 0.0158. The van der Waals surface area contributed by atoms with Crippen LogP contribution in [-0.2, 0) is 11.3 Å². The van der Waals surface area contributed by atoms with Gasteiger partial charge in [-0.25, -0.2) is 0 Å². The van der Waals surface area contributed by atoms with Crippen LogP contribution in [0.25, 0.3) is 0 Å². The third-order valence-electron chi connectivity index (χ3n) is 3.32. The smallest absolute Gasteiger partial charge is 0.258 e. The van der Waals surface area contributed by atoms with Crippen LogP contribution in [0.5, 0.6) is 11.5 Å². The van der Waals surface area contributed by atoms with Gasteiger partial charge in [0.15, 0.2) is 18.1 Å². The molecule has 25 heavy (non-hydrogen) atoms. The molecule has 0 heterocycles. The maximum absolute atomic E-state index is 11.9. The average molecular weight is 373 g/mol. The summed E-state index contributed by atoms with van der Waals surface area (Å²) in [4.78, 5) is 11.9. The van der Waals surface area contributed by atoms with Crippen LogP contribution in [-0.4, -0.2) is 42.4 Å². The Morgan fingerprint density at radius 1 is 1.24 bits per heavy atom. The lowest BCUT2D eigenvalue weighted by Crippen LogP contribution is -2.43. The summed E-state index contributed by atoms with van der Waals surface area (Å²) in [5.74, 6) is 0.550. The van der Waals surface area contributed by atoms with E-state index in [1.54, 1.807) is 12.1 Å². The fraction of sp³-hybridized carbons (Fsp3) is 0.611. The summed E-state index contributed by atoms with van der Waals surface area (Å²) in [6, 6.07) is 3.55. The van der Waals surface area contributed by atoms with Gasteiger partial charge in [0.05, 0.1) is 18.7 Å². The number of carbonyl (C=O) groups is 1. The van der Waals surface area contributed by atoms with Crippen molar-refractivity contribution < 1.29 is 19.4 Å². The largest absolute Gasteiger partial charge is 0.493 e. The van der Waals surface area contributed by atoms with Gasteiger partial charge in [0.2, 0.25) is 0 Å². The molecule has 0 bridgehead atoms. The number of amides is 1. The lowest BCUT2D eigenvalue weighted by Gasteiger charge is -2.24.